The van der Waals surface area contributed by atoms with Crippen LogP contribution in [0.15, 0.2) is 0 Å². The van der Waals surface area contributed by atoms with Crippen LogP contribution in [0.3, 0.4) is 0 Å². The van der Waals surface area contributed by atoms with Crippen molar-refractivity contribution in [3.63, 3.8) is 0 Å². The Hall–Kier alpha value is -1.57. The van der Waals surface area contributed by atoms with Crippen molar-refractivity contribution in [1.82, 2.24) is 15.1 Å². The number of nitrogens with one attached hydrogen (secondary N) is 1. The average Bonchev–Trinajstić information content (AvgIpc) is 2.97. The highest BCUT2D eigenvalue weighted by Gasteiger charge is 2.44. The van der Waals surface area contributed by atoms with Gasteiger partial charge in [-0.2, -0.15) is 18.3 Å². The number of carbonyl (C=O) groups excluding carboxylic acids is 1. The van der Waals surface area contributed by atoms with E-state index < -0.39 is 18.2 Å². The van der Waals surface area contributed by atoms with Gasteiger partial charge in [-0.15, -0.1) is 0 Å². The minimum atomic E-state index is -4.60. The summed E-state index contributed by atoms with van der Waals surface area (Å²) in [5.41, 5.74) is 2.37. The van der Waals surface area contributed by atoms with Crippen molar-refractivity contribution >= 4 is 5.91 Å². The maximum Gasteiger partial charge on any atom is 0.414 e. The van der Waals surface area contributed by atoms with Gasteiger partial charge in [0, 0.05) is 24.3 Å². The molecule has 1 aliphatic heterocycles. The third-order valence-electron chi connectivity index (χ3n) is 4.87. The van der Waals surface area contributed by atoms with Crippen LogP contribution in [0, 0.1) is 5.92 Å². The molecule has 0 bridgehead atoms. The summed E-state index contributed by atoms with van der Waals surface area (Å²) in [5.74, 6) is -1.06. The number of H-pyrrole nitrogens is 1. The lowest BCUT2D eigenvalue weighted by atomic mass is 9.90. The quantitative estimate of drug-likeness (QED) is 0.872. The van der Waals surface area contributed by atoms with E-state index in [1.165, 1.54) is 0 Å². The standard InChI is InChI=1S/C15H20F3N3O2/c16-15(17,18)13(22)9-5-7-21(8-6-9)14(23)12-10-3-1-2-4-11(10)19-20-12/h9,13,22H,1-8H2,(H,19,20). The predicted molar refractivity (Wildman–Crippen MR) is 75.9 cm³/mol. The van der Waals surface area contributed by atoms with Gasteiger partial charge in [0.1, 0.15) is 0 Å². The number of nitrogens with zero attached hydrogens (tertiary/aromatic N) is 2. The number of halogens is 3. The van der Waals surface area contributed by atoms with Crippen LogP contribution in [0.5, 0.6) is 0 Å². The highest BCUT2D eigenvalue weighted by atomic mass is 19.4. The monoisotopic (exact) mass is 331 g/mol. The fourth-order valence-electron chi connectivity index (χ4n) is 3.49. The molecule has 3 rings (SSSR count). The number of hydrogen-bond donors (Lipinski definition) is 2. The molecule has 128 valence electrons. The molecule has 1 atom stereocenters. The largest absolute Gasteiger partial charge is 0.414 e. The first-order valence-corrected chi connectivity index (χ1v) is 7.98. The summed E-state index contributed by atoms with van der Waals surface area (Å²) in [6.45, 7) is 0.441. The van der Waals surface area contributed by atoms with Gasteiger partial charge < -0.3 is 10.0 Å². The maximum atomic E-state index is 12.6. The number of rotatable bonds is 2. The Labute approximate surface area is 131 Å². The molecule has 1 unspecified atom stereocenters. The van der Waals surface area contributed by atoms with Crippen LogP contribution in [0.4, 0.5) is 13.2 Å². The van der Waals surface area contributed by atoms with Gasteiger partial charge in [-0.3, -0.25) is 9.89 Å². The zero-order chi connectivity index (χ0) is 16.6. The van der Waals surface area contributed by atoms with Gasteiger partial charge in [0.2, 0.25) is 0 Å². The van der Waals surface area contributed by atoms with Crippen molar-refractivity contribution in [1.29, 1.82) is 0 Å². The van der Waals surface area contributed by atoms with Crippen molar-refractivity contribution in [3.8, 4) is 0 Å². The predicted octanol–water partition coefficient (Wildman–Crippen LogP) is 2.06. The van der Waals surface area contributed by atoms with Gasteiger partial charge >= 0.3 is 6.18 Å². The van der Waals surface area contributed by atoms with Gasteiger partial charge in [-0.25, -0.2) is 0 Å². The van der Waals surface area contributed by atoms with E-state index in [0.717, 1.165) is 36.9 Å². The summed E-state index contributed by atoms with van der Waals surface area (Å²) in [7, 11) is 0. The van der Waals surface area contributed by atoms with Gasteiger partial charge in [-0.1, -0.05) is 0 Å². The molecule has 0 radical (unpaired) electrons. The molecule has 2 N–H and O–H groups in total. The molecule has 1 aromatic heterocycles. The lowest BCUT2D eigenvalue weighted by Gasteiger charge is -2.34. The van der Waals surface area contributed by atoms with Crippen LogP contribution in [0.1, 0.15) is 47.4 Å². The number of alkyl halides is 3. The molecule has 0 saturated carbocycles. The lowest BCUT2D eigenvalue weighted by Crippen LogP contribution is -2.45. The second-order valence-electron chi connectivity index (χ2n) is 6.35. The summed E-state index contributed by atoms with van der Waals surface area (Å²) in [4.78, 5) is 14.1. The van der Waals surface area contributed by atoms with E-state index in [1.54, 1.807) is 4.90 Å². The lowest BCUT2D eigenvalue weighted by molar-refractivity contribution is -0.222. The van der Waals surface area contributed by atoms with Gasteiger partial charge in [0.15, 0.2) is 11.8 Å². The molecule has 1 aromatic rings. The summed E-state index contributed by atoms with van der Waals surface area (Å²) >= 11 is 0. The van der Waals surface area contributed by atoms with Crippen molar-refractivity contribution in [2.24, 2.45) is 5.92 Å². The van der Waals surface area contributed by atoms with Crippen LogP contribution in [0.2, 0.25) is 0 Å². The van der Waals surface area contributed by atoms with Gasteiger partial charge in [0.25, 0.3) is 5.91 Å². The topological polar surface area (TPSA) is 69.2 Å². The minimum absolute atomic E-state index is 0.152. The fourth-order valence-corrected chi connectivity index (χ4v) is 3.49. The summed E-state index contributed by atoms with van der Waals surface area (Å²) in [5, 5.41) is 16.4. The molecule has 5 nitrogen and oxygen atoms in total. The molecule has 1 fully saturated rings. The molecule has 2 heterocycles. The number of aliphatic hydroxyl groups excluding tert-OH is 1. The first-order chi connectivity index (χ1) is 10.9. The number of amides is 1. The summed E-state index contributed by atoms with van der Waals surface area (Å²) < 4.78 is 37.7. The Morgan fingerprint density at radius 3 is 2.57 bits per heavy atom. The Bertz CT molecular complexity index is 577. The van der Waals surface area contributed by atoms with Crippen molar-refractivity contribution < 1.29 is 23.1 Å². The first-order valence-electron chi connectivity index (χ1n) is 7.98. The molecule has 1 amide bonds. The number of fused-ring (bicyclic) bond motifs is 1. The van der Waals surface area contributed by atoms with Gasteiger partial charge in [-0.05, 0) is 44.4 Å². The molecule has 23 heavy (non-hydrogen) atoms. The zero-order valence-corrected chi connectivity index (χ0v) is 12.7. The van der Waals surface area contributed by atoms with E-state index in [2.05, 4.69) is 10.2 Å². The van der Waals surface area contributed by atoms with Crippen LogP contribution in [-0.4, -0.2) is 51.5 Å². The van der Waals surface area contributed by atoms with Crippen molar-refractivity contribution in [2.45, 2.75) is 50.8 Å². The van der Waals surface area contributed by atoms with E-state index in [9.17, 15) is 23.1 Å². The third-order valence-corrected chi connectivity index (χ3v) is 4.87. The number of piperidine rings is 1. The zero-order valence-electron chi connectivity index (χ0n) is 12.7. The second kappa shape index (κ2) is 6.14. The smallest absolute Gasteiger partial charge is 0.383 e. The third kappa shape index (κ3) is 3.22. The number of aromatic amines is 1. The van der Waals surface area contributed by atoms with Crippen LogP contribution in [-0.2, 0) is 12.8 Å². The Morgan fingerprint density at radius 2 is 1.91 bits per heavy atom. The first kappa shape index (κ1) is 16.3. The maximum absolute atomic E-state index is 12.6. The summed E-state index contributed by atoms with van der Waals surface area (Å²) in [6.07, 6.45) is -2.81. The molecule has 0 aromatic carbocycles. The Balaban J connectivity index is 1.64. The van der Waals surface area contributed by atoms with E-state index in [4.69, 9.17) is 0 Å². The Morgan fingerprint density at radius 1 is 1.26 bits per heavy atom. The van der Waals surface area contributed by atoms with Crippen LogP contribution < -0.4 is 0 Å². The highest BCUT2D eigenvalue weighted by Crippen LogP contribution is 2.32. The van der Waals surface area contributed by atoms with E-state index in [-0.39, 0.29) is 31.8 Å². The fraction of sp³-hybridized carbons (Fsp3) is 0.733. The average molecular weight is 331 g/mol. The molecule has 0 spiro atoms. The second-order valence-corrected chi connectivity index (χ2v) is 6.35. The molecule has 1 saturated heterocycles. The normalized spacial score (nSPS) is 21.1. The summed E-state index contributed by atoms with van der Waals surface area (Å²) in [6, 6.07) is 0. The molecule has 1 aliphatic carbocycles. The van der Waals surface area contributed by atoms with E-state index in [1.807, 2.05) is 0 Å². The number of aromatic nitrogens is 2. The van der Waals surface area contributed by atoms with Crippen molar-refractivity contribution in [2.75, 3.05) is 13.1 Å². The number of hydrogen-bond acceptors (Lipinski definition) is 3. The van der Waals surface area contributed by atoms with Gasteiger partial charge in [0.05, 0.1) is 0 Å². The molecular formula is C15H20F3N3O2. The Kier molecular flexibility index (Phi) is 4.35. The van der Waals surface area contributed by atoms with E-state index in [0.29, 0.717) is 5.69 Å². The van der Waals surface area contributed by atoms with Crippen LogP contribution >= 0.6 is 0 Å². The molecule has 8 heteroatoms. The number of carbonyl (C=O) groups is 1. The number of aryl methyl sites for hydroxylation is 1. The molecule has 2 aliphatic rings. The highest BCUT2D eigenvalue weighted by molar-refractivity contribution is 5.94. The molecular weight excluding hydrogens is 311 g/mol. The van der Waals surface area contributed by atoms with Crippen molar-refractivity contribution in [3.05, 3.63) is 17.0 Å². The number of aliphatic hydroxyl groups is 1. The SMILES string of the molecule is O=C(c1n[nH]c2c1CCCC2)N1CCC(C(O)C(F)(F)F)CC1. The number of likely N-dealkylation sites (tertiary alicyclic amines) is 1. The minimum Gasteiger partial charge on any atom is -0.383 e. The van der Waals surface area contributed by atoms with E-state index >= 15 is 0 Å². The van der Waals surface area contributed by atoms with Crippen LogP contribution in [0.25, 0.3) is 0 Å².